The number of hydrogen-bond donors (Lipinski definition) is 2. The molecular weight excluding hydrogens is 255 g/mol. The van der Waals surface area contributed by atoms with Crippen LogP contribution in [0.25, 0.3) is 0 Å². The zero-order chi connectivity index (χ0) is 13.0. The summed E-state index contributed by atoms with van der Waals surface area (Å²) in [6.45, 7) is 0. The highest BCUT2D eigenvalue weighted by molar-refractivity contribution is 7.99. The Morgan fingerprint density at radius 3 is 2.94 bits per heavy atom. The van der Waals surface area contributed by atoms with Gasteiger partial charge in [-0.1, -0.05) is 11.2 Å². The van der Waals surface area contributed by atoms with Crippen molar-refractivity contribution in [2.45, 2.75) is 10.1 Å². The van der Waals surface area contributed by atoms with Crippen LogP contribution >= 0.6 is 11.8 Å². The SMILES string of the molecule is N/C(=N/O)c1ccnc(Sc2cccc(F)c2)n1. The molecule has 1 aromatic heterocycles. The summed E-state index contributed by atoms with van der Waals surface area (Å²) in [4.78, 5) is 8.77. The zero-order valence-electron chi connectivity index (χ0n) is 9.12. The summed E-state index contributed by atoms with van der Waals surface area (Å²) in [6.07, 6.45) is 1.49. The average Bonchev–Trinajstić information content (AvgIpc) is 2.38. The number of aromatic nitrogens is 2. The van der Waals surface area contributed by atoms with Gasteiger partial charge >= 0.3 is 0 Å². The molecule has 92 valence electrons. The van der Waals surface area contributed by atoms with Crippen molar-refractivity contribution in [2.24, 2.45) is 10.9 Å². The van der Waals surface area contributed by atoms with E-state index >= 15 is 0 Å². The van der Waals surface area contributed by atoms with Crippen molar-refractivity contribution in [3.63, 3.8) is 0 Å². The Bertz CT molecular complexity index is 591. The molecule has 0 fully saturated rings. The van der Waals surface area contributed by atoms with E-state index < -0.39 is 0 Å². The highest BCUT2D eigenvalue weighted by Crippen LogP contribution is 2.24. The van der Waals surface area contributed by atoms with Crippen molar-refractivity contribution < 1.29 is 9.60 Å². The smallest absolute Gasteiger partial charge is 0.193 e. The number of rotatable bonds is 3. The molecule has 0 radical (unpaired) electrons. The average molecular weight is 264 g/mol. The zero-order valence-corrected chi connectivity index (χ0v) is 9.93. The standard InChI is InChI=1S/C11H9FN4OS/c12-7-2-1-3-8(6-7)18-11-14-5-4-9(15-11)10(13)16-17/h1-6,17H,(H2,13,16). The molecule has 7 heteroatoms. The van der Waals surface area contributed by atoms with E-state index in [9.17, 15) is 4.39 Å². The number of nitrogens with two attached hydrogens (primary N) is 1. The molecule has 0 atom stereocenters. The van der Waals surface area contributed by atoms with Crippen LogP contribution in [0.15, 0.2) is 51.7 Å². The lowest BCUT2D eigenvalue weighted by Crippen LogP contribution is -2.15. The maximum absolute atomic E-state index is 13.0. The van der Waals surface area contributed by atoms with Gasteiger partial charge in [-0.25, -0.2) is 14.4 Å². The fraction of sp³-hybridized carbons (Fsp3) is 0. The van der Waals surface area contributed by atoms with Gasteiger partial charge in [-0.15, -0.1) is 0 Å². The van der Waals surface area contributed by atoms with Crippen molar-refractivity contribution in [1.82, 2.24) is 9.97 Å². The number of benzene rings is 1. The molecule has 5 nitrogen and oxygen atoms in total. The second-order valence-electron chi connectivity index (χ2n) is 3.27. The molecule has 3 N–H and O–H groups in total. The first-order chi connectivity index (χ1) is 8.69. The van der Waals surface area contributed by atoms with E-state index in [1.54, 1.807) is 12.1 Å². The van der Waals surface area contributed by atoms with Crippen molar-refractivity contribution >= 4 is 17.6 Å². The van der Waals surface area contributed by atoms with Crippen LogP contribution in [-0.2, 0) is 0 Å². The van der Waals surface area contributed by atoms with E-state index in [1.807, 2.05) is 0 Å². The van der Waals surface area contributed by atoms with Gasteiger partial charge in [0.05, 0.1) is 0 Å². The van der Waals surface area contributed by atoms with Crippen LogP contribution in [0.3, 0.4) is 0 Å². The maximum atomic E-state index is 13.0. The molecule has 0 spiro atoms. The van der Waals surface area contributed by atoms with E-state index in [-0.39, 0.29) is 11.7 Å². The second-order valence-corrected chi connectivity index (χ2v) is 4.31. The van der Waals surface area contributed by atoms with Gasteiger partial charge in [0.2, 0.25) is 0 Å². The summed E-state index contributed by atoms with van der Waals surface area (Å²) in [7, 11) is 0. The van der Waals surface area contributed by atoms with Gasteiger partial charge in [-0.3, -0.25) is 0 Å². The Labute approximate surface area is 107 Å². The van der Waals surface area contributed by atoms with Crippen LogP contribution in [-0.4, -0.2) is 21.0 Å². The molecule has 2 rings (SSSR count). The Balaban J connectivity index is 2.24. The van der Waals surface area contributed by atoms with E-state index in [1.165, 1.54) is 36.2 Å². The van der Waals surface area contributed by atoms with Gasteiger partial charge in [0, 0.05) is 11.1 Å². The summed E-state index contributed by atoms with van der Waals surface area (Å²) < 4.78 is 13.0. The number of oxime groups is 1. The quantitative estimate of drug-likeness (QED) is 0.290. The van der Waals surface area contributed by atoms with Gasteiger partial charge in [0.1, 0.15) is 11.5 Å². The molecule has 0 saturated carbocycles. The highest BCUT2D eigenvalue weighted by Gasteiger charge is 2.05. The predicted molar refractivity (Wildman–Crippen MR) is 65.1 cm³/mol. The van der Waals surface area contributed by atoms with E-state index in [0.29, 0.717) is 15.7 Å². The third kappa shape index (κ3) is 2.95. The van der Waals surface area contributed by atoms with Crippen LogP contribution in [0.4, 0.5) is 4.39 Å². The number of amidine groups is 1. The largest absolute Gasteiger partial charge is 0.409 e. The van der Waals surface area contributed by atoms with E-state index in [4.69, 9.17) is 10.9 Å². The molecule has 0 aliphatic rings. The van der Waals surface area contributed by atoms with Crippen molar-refractivity contribution in [2.75, 3.05) is 0 Å². The molecule has 1 heterocycles. The van der Waals surface area contributed by atoms with Crippen LogP contribution in [0.2, 0.25) is 0 Å². The van der Waals surface area contributed by atoms with Gasteiger partial charge in [0.15, 0.2) is 11.0 Å². The Morgan fingerprint density at radius 2 is 2.22 bits per heavy atom. The second kappa shape index (κ2) is 5.46. The minimum Gasteiger partial charge on any atom is -0.409 e. The minimum atomic E-state index is -0.326. The Morgan fingerprint density at radius 1 is 1.39 bits per heavy atom. The van der Waals surface area contributed by atoms with E-state index in [2.05, 4.69) is 15.1 Å². The summed E-state index contributed by atoms with van der Waals surface area (Å²) in [5, 5.41) is 11.8. The van der Waals surface area contributed by atoms with Gasteiger partial charge in [0.25, 0.3) is 0 Å². The molecule has 0 bridgehead atoms. The van der Waals surface area contributed by atoms with Crippen LogP contribution in [0.1, 0.15) is 5.69 Å². The monoisotopic (exact) mass is 264 g/mol. The molecule has 2 aromatic rings. The van der Waals surface area contributed by atoms with Crippen LogP contribution < -0.4 is 5.73 Å². The molecule has 0 aliphatic carbocycles. The summed E-state index contributed by atoms with van der Waals surface area (Å²) in [5.41, 5.74) is 5.73. The molecule has 0 unspecified atom stereocenters. The van der Waals surface area contributed by atoms with E-state index in [0.717, 1.165) is 0 Å². The van der Waals surface area contributed by atoms with Gasteiger partial charge < -0.3 is 10.9 Å². The first kappa shape index (κ1) is 12.3. The lowest BCUT2D eigenvalue weighted by atomic mass is 10.4. The summed E-state index contributed by atoms with van der Waals surface area (Å²) in [6, 6.07) is 7.60. The molecule has 0 amide bonds. The number of hydrogen-bond acceptors (Lipinski definition) is 5. The molecule has 1 aromatic carbocycles. The van der Waals surface area contributed by atoms with Gasteiger partial charge in [-0.2, -0.15) is 0 Å². The highest BCUT2D eigenvalue weighted by atomic mass is 32.2. The first-order valence-corrected chi connectivity index (χ1v) is 5.75. The fourth-order valence-corrected chi connectivity index (χ4v) is 2.01. The number of nitrogens with zero attached hydrogens (tertiary/aromatic N) is 3. The van der Waals surface area contributed by atoms with Crippen molar-refractivity contribution in [3.8, 4) is 0 Å². The van der Waals surface area contributed by atoms with Gasteiger partial charge in [-0.05, 0) is 36.0 Å². The third-order valence-electron chi connectivity index (χ3n) is 2.01. The molecular formula is C11H9FN4OS. The van der Waals surface area contributed by atoms with Crippen molar-refractivity contribution in [1.29, 1.82) is 0 Å². The summed E-state index contributed by atoms with van der Waals surface area (Å²) >= 11 is 1.19. The predicted octanol–water partition coefficient (Wildman–Crippen LogP) is 1.86. The maximum Gasteiger partial charge on any atom is 0.193 e. The van der Waals surface area contributed by atoms with Crippen LogP contribution in [0, 0.1) is 5.82 Å². The Kier molecular flexibility index (Phi) is 3.73. The first-order valence-electron chi connectivity index (χ1n) is 4.93. The topological polar surface area (TPSA) is 84.4 Å². The number of halogens is 1. The van der Waals surface area contributed by atoms with Crippen LogP contribution in [0.5, 0.6) is 0 Å². The fourth-order valence-electron chi connectivity index (χ4n) is 1.22. The minimum absolute atomic E-state index is 0.0986. The lowest BCUT2D eigenvalue weighted by Gasteiger charge is -2.02. The summed E-state index contributed by atoms with van der Waals surface area (Å²) in [5.74, 6) is -0.425. The lowest BCUT2D eigenvalue weighted by molar-refractivity contribution is 0.318. The normalized spacial score (nSPS) is 11.5. The Hall–Kier alpha value is -2.15. The molecule has 18 heavy (non-hydrogen) atoms. The molecule has 0 saturated heterocycles. The third-order valence-corrected chi connectivity index (χ3v) is 2.88. The van der Waals surface area contributed by atoms with Crippen molar-refractivity contribution in [3.05, 3.63) is 48.0 Å². The molecule has 0 aliphatic heterocycles.